The molecule has 0 bridgehead atoms. The van der Waals surface area contributed by atoms with Gasteiger partial charge in [0, 0.05) is 63.4 Å². The monoisotopic (exact) mass is 458 g/mol. The number of rotatable bonds is 8. The number of H-pyrrole nitrogens is 1. The van der Waals surface area contributed by atoms with E-state index in [0.29, 0.717) is 0 Å². The Labute approximate surface area is 201 Å². The van der Waals surface area contributed by atoms with E-state index in [1.807, 2.05) is 24.7 Å². The summed E-state index contributed by atoms with van der Waals surface area (Å²) in [6.07, 6.45) is 7.32. The molecule has 1 aromatic carbocycles. The van der Waals surface area contributed by atoms with E-state index in [4.69, 9.17) is 15.0 Å². The summed E-state index contributed by atoms with van der Waals surface area (Å²) in [5.74, 6) is 2.48. The molecule has 0 saturated carbocycles. The van der Waals surface area contributed by atoms with Crippen LogP contribution in [0.15, 0.2) is 42.7 Å². The third-order valence-electron chi connectivity index (χ3n) is 6.78. The normalized spacial score (nSPS) is 14.7. The van der Waals surface area contributed by atoms with Crippen LogP contribution in [0.5, 0.6) is 0 Å². The molecule has 5 rings (SSSR count). The number of unbranched alkanes of at least 4 members (excludes halogenated alkanes) is 1. The van der Waals surface area contributed by atoms with Gasteiger partial charge in [0.05, 0.1) is 0 Å². The maximum atomic E-state index is 4.90. The largest absolute Gasteiger partial charge is 0.369 e. The summed E-state index contributed by atoms with van der Waals surface area (Å²) in [5, 5.41) is 3.54. The number of aryl methyl sites for hydroxylation is 3. The summed E-state index contributed by atoms with van der Waals surface area (Å²) in [7, 11) is 4.19. The highest BCUT2D eigenvalue weighted by Crippen LogP contribution is 2.27. The first kappa shape index (κ1) is 22.4. The lowest BCUT2D eigenvalue weighted by molar-refractivity contribution is 0.313. The molecular weight excluding hydrogens is 424 g/mol. The van der Waals surface area contributed by atoms with Gasteiger partial charge >= 0.3 is 0 Å². The number of benzene rings is 1. The molecule has 0 spiro atoms. The lowest BCUT2D eigenvalue weighted by atomic mass is 10.1. The van der Waals surface area contributed by atoms with E-state index in [9.17, 15) is 0 Å². The van der Waals surface area contributed by atoms with Crippen molar-refractivity contribution in [1.29, 1.82) is 0 Å². The average Bonchev–Trinajstić information content (AvgIpc) is 3.48. The van der Waals surface area contributed by atoms with Gasteiger partial charge in [-0.25, -0.2) is 15.0 Å². The van der Waals surface area contributed by atoms with Crippen LogP contribution in [0, 0.1) is 6.92 Å². The SMILES string of the molecule is Cc1nc2c(NCCCCc3cc[nH]c3)nc(-c3ccc(N4CCN(C)CC4)cc3)nc2n1C. The number of likely N-dealkylation sites (N-methyl/N-ethyl adjacent to an activating group) is 1. The molecule has 0 radical (unpaired) electrons. The Morgan fingerprint density at radius 1 is 0.941 bits per heavy atom. The van der Waals surface area contributed by atoms with Gasteiger partial charge in [-0.1, -0.05) is 0 Å². The van der Waals surface area contributed by atoms with Crippen molar-refractivity contribution in [2.24, 2.45) is 7.05 Å². The third kappa shape index (κ3) is 4.77. The van der Waals surface area contributed by atoms with Crippen molar-refractivity contribution in [3.63, 3.8) is 0 Å². The molecule has 4 heterocycles. The molecule has 34 heavy (non-hydrogen) atoms. The van der Waals surface area contributed by atoms with Gasteiger partial charge in [0.25, 0.3) is 0 Å². The molecule has 0 amide bonds. The zero-order valence-electron chi connectivity index (χ0n) is 20.4. The first-order chi connectivity index (χ1) is 16.6. The lowest BCUT2D eigenvalue weighted by Gasteiger charge is -2.34. The van der Waals surface area contributed by atoms with Crippen molar-refractivity contribution in [3.8, 4) is 11.4 Å². The molecule has 8 heteroatoms. The van der Waals surface area contributed by atoms with Crippen molar-refractivity contribution in [2.75, 3.05) is 50.0 Å². The Bertz CT molecular complexity index is 1220. The minimum absolute atomic E-state index is 0.732. The van der Waals surface area contributed by atoms with Gasteiger partial charge in [0.15, 0.2) is 22.8 Å². The molecule has 4 aromatic rings. The van der Waals surface area contributed by atoms with E-state index in [2.05, 4.69) is 63.7 Å². The molecule has 178 valence electrons. The number of hydrogen-bond acceptors (Lipinski definition) is 6. The topological polar surface area (TPSA) is 77.9 Å². The van der Waals surface area contributed by atoms with Gasteiger partial charge in [-0.3, -0.25) is 0 Å². The summed E-state index contributed by atoms with van der Waals surface area (Å²) in [6, 6.07) is 10.8. The van der Waals surface area contributed by atoms with E-state index < -0.39 is 0 Å². The molecule has 8 nitrogen and oxygen atoms in total. The minimum Gasteiger partial charge on any atom is -0.369 e. The van der Waals surface area contributed by atoms with Gasteiger partial charge in [-0.05, 0) is 69.1 Å². The molecule has 1 aliphatic heterocycles. The quantitative estimate of drug-likeness (QED) is 0.391. The van der Waals surface area contributed by atoms with Gasteiger partial charge in [-0.15, -0.1) is 0 Å². The predicted molar refractivity (Wildman–Crippen MR) is 138 cm³/mol. The highest BCUT2D eigenvalue weighted by Gasteiger charge is 2.17. The molecule has 3 aromatic heterocycles. The summed E-state index contributed by atoms with van der Waals surface area (Å²) in [6.45, 7) is 7.18. The number of hydrogen-bond donors (Lipinski definition) is 2. The molecule has 0 atom stereocenters. The van der Waals surface area contributed by atoms with Crippen LogP contribution in [0.3, 0.4) is 0 Å². The standard InChI is InChI=1S/C26H34N8/c1-19-29-23-25(28-12-5-4-6-20-11-13-27-18-20)30-24(31-26(23)33(19)3)21-7-9-22(10-8-21)34-16-14-32(2)15-17-34/h7-11,13,18,27H,4-6,12,14-17H2,1-3H3,(H,28,30,31). The van der Waals surface area contributed by atoms with Gasteiger partial charge in [0.1, 0.15) is 5.82 Å². The van der Waals surface area contributed by atoms with E-state index in [1.165, 1.54) is 11.3 Å². The zero-order valence-corrected chi connectivity index (χ0v) is 20.4. The Morgan fingerprint density at radius 2 is 1.74 bits per heavy atom. The second-order valence-electron chi connectivity index (χ2n) is 9.23. The number of anilines is 2. The lowest BCUT2D eigenvalue weighted by Crippen LogP contribution is -2.44. The molecule has 0 aliphatic carbocycles. The van der Waals surface area contributed by atoms with Crippen LogP contribution in [0.25, 0.3) is 22.6 Å². The first-order valence-electron chi connectivity index (χ1n) is 12.2. The maximum absolute atomic E-state index is 4.90. The molecule has 2 N–H and O–H groups in total. The minimum atomic E-state index is 0.732. The first-order valence-corrected chi connectivity index (χ1v) is 12.2. The number of aromatic amines is 1. The smallest absolute Gasteiger partial charge is 0.166 e. The maximum Gasteiger partial charge on any atom is 0.166 e. The van der Waals surface area contributed by atoms with Crippen LogP contribution < -0.4 is 10.2 Å². The van der Waals surface area contributed by atoms with Crippen LogP contribution in [0.4, 0.5) is 11.5 Å². The van der Waals surface area contributed by atoms with Gasteiger partial charge in [-0.2, -0.15) is 0 Å². The van der Waals surface area contributed by atoms with Crippen LogP contribution in [0.1, 0.15) is 24.2 Å². The fourth-order valence-electron chi connectivity index (χ4n) is 4.48. The Hall–Kier alpha value is -3.39. The van der Waals surface area contributed by atoms with Crippen LogP contribution in [0.2, 0.25) is 0 Å². The number of imidazole rings is 1. The molecular formula is C26H34N8. The van der Waals surface area contributed by atoms with Crippen LogP contribution in [-0.2, 0) is 13.5 Å². The van der Waals surface area contributed by atoms with Crippen LogP contribution >= 0.6 is 0 Å². The summed E-state index contributed by atoms with van der Waals surface area (Å²) >= 11 is 0. The second-order valence-corrected chi connectivity index (χ2v) is 9.23. The fraction of sp³-hybridized carbons (Fsp3) is 0.423. The number of piperazine rings is 1. The van der Waals surface area contributed by atoms with Crippen molar-refractivity contribution < 1.29 is 0 Å². The molecule has 0 unspecified atom stereocenters. The summed E-state index contributed by atoms with van der Waals surface area (Å²) in [4.78, 5) is 22.5. The summed E-state index contributed by atoms with van der Waals surface area (Å²) < 4.78 is 2.04. The third-order valence-corrected chi connectivity index (χ3v) is 6.78. The Kier molecular flexibility index (Phi) is 6.49. The predicted octanol–water partition coefficient (Wildman–Crippen LogP) is 3.85. The fourth-order valence-corrected chi connectivity index (χ4v) is 4.48. The number of nitrogens with one attached hydrogen (secondary N) is 2. The van der Waals surface area contributed by atoms with Crippen molar-refractivity contribution in [3.05, 3.63) is 54.1 Å². The van der Waals surface area contributed by atoms with Crippen molar-refractivity contribution >= 4 is 22.7 Å². The number of nitrogens with zero attached hydrogens (tertiary/aromatic N) is 6. The highest BCUT2D eigenvalue weighted by atomic mass is 15.2. The molecule has 1 saturated heterocycles. The highest BCUT2D eigenvalue weighted by molar-refractivity contribution is 5.85. The average molecular weight is 459 g/mol. The number of aromatic nitrogens is 5. The Morgan fingerprint density at radius 3 is 2.47 bits per heavy atom. The zero-order chi connectivity index (χ0) is 23.5. The molecule has 1 aliphatic rings. The van der Waals surface area contributed by atoms with E-state index in [-0.39, 0.29) is 0 Å². The van der Waals surface area contributed by atoms with Gasteiger partial charge < -0.3 is 24.7 Å². The molecule has 1 fully saturated rings. The van der Waals surface area contributed by atoms with E-state index in [1.54, 1.807) is 0 Å². The van der Waals surface area contributed by atoms with Crippen molar-refractivity contribution in [2.45, 2.75) is 26.2 Å². The Balaban J connectivity index is 1.33. The second kappa shape index (κ2) is 9.85. The van der Waals surface area contributed by atoms with Crippen LogP contribution in [-0.4, -0.2) is 69.2 Å². The summed E-state index contributed by atoms with van der Waals surface area (Å²) in [5.41, 5.74) is 5.33. The van der Waals surface area contributed by atoms with Crippen molar-refractivity contribution in [1.82, 2.24) is 29.4 Å². The van der Waals surface area contributed by atoms with E-state index in [0.717, 1.165) is 86.2 Å². The van der Waals surface area contributed by atoms with Gasteiger partial charge in [0.2, 0.25) is 0 Å². The number of fused-ring (bicyclic) bond motifs is 1. The van der Waals surface area contributed by atoms with E-state index >= 15 is 0 Å².